The second-order valence-electron chi connectivity index (χ2n) is 2.71. The summed E-state index contributed by atoms with van der Waals surface area (Å²) in [5, 5.41) is 0. The fourth-order valence-electron chi connectivity index (χ4n) is 1.20. The molecule has 12 heavy (non-hydrogen) atoms. The summed E-state index contributed by atoms with van der Waals surface area (Å²) in [4.78, 5) is 43.6. The first-order valence-corrected chi connectivity index (χ1v) is 3.72. The van der Waals surface area contributed by atoms with Crippen molar-refractivity contribution in [2.45, 2.75) is 19.8 Å². The van der Waals surface area contributed by atoms with Gasteiger partial charge < -0.3 is 0 Å². The lowest BCUT2D eigenvalue weighted by Crippen LogP contribution is -2.41. The van der Waals surface area contributed by atoms with E-state index in [4.69, 9.17) is 0 Å². The van der Waals surface area contributed by atoms with Gasteiger partial charge in [-0.1, -0.05) is 6.92 Å². The van der Waals surface area contributed by atoms with Gasteiger partial charge in [-0.15, -0.1) is 0 Å². The van der Waals surface area contributed by atoms with Crippen LogP contribution >= 0.6 is 0 Å². The zero-order chi connectivity index (χ0) is 9.30. The van der Waals surface area contributed by atoms with Gasteiger partial charge in [0.1, 0.15) is 0 Å². The SMILES string of the molecule is CCC1C(=O)C(=O)CC(=O)C1=O. The van der Waals surface area contributed by atoms with E-state index in [2.05, 4.69) is 0 Å². The van der Waals surface area contributed by atoms with Crippen LogP contribution in [0.3, 0.4) is 0 Å². The van der Waals surface area contributed by atoms with Crippen LogP contribution in [-0.4, -0.2) is 23.1 Å². The van der Waals surface area contributed by atoms with Gasteiger partial charge in [0.2, 0.25) is 23.1 Å². The molecule has 1 saturated carbocycles. The summed E-state index contributed by atoms with van der Waals surface area (Å²) in [6, 6.07) is 0. The van der Waals surface area contributed by atoms with Gasteiger partial charge in [-0.25, -0.2) is 0 Å². The molecule has 0 radical (unpaired) electrons. The van der Waals surface area contributed by atoms with Gasteiger partial charge in [-0.3, -0.25) is 19.2 Å². The van der Waals surface area contributed by atoms with Gasteiger partial charge in [0.15, 0.2) is 0 Å². The summed E-state index contributed by atoms with van der Waals surface area (Å²) in [6.07, 6.45) is -0.302. The molecule has 0 aliphatic heterocycles. The molecule has 0 unspecified atom stereocenters. The van der Waals surface area contributed by atoms with Crippen molar-refractivity contribution >= 4 is 23.1 Å². The quantitative estimate of drug-likeness (QED) is 0.398. The Morgan fingerprint density at radius 3 is 1.83 bits per heavy atom. The third-order valence-corrected chi connectivity index (χ3v) is 1.91. The first-order chi connectivity index (χ1) is 5.57. The van der Waals surface area contributed by atoms with E-state index in [1.807, 2.05) is 0 Å². The topological polar surface area (TPSA) is 68.3 Å². The Labute approximate surface area is 68.9 Å². The number of carbonyl (C=O) groups is 4. The third-order valence-electron chi connectivity index (χ3n) is 1.91. The summed E-state index contributed by atoms with van der Waals surface area (Å²) in [5.41, 5.74) is 0. The third kappa shape index (κ3) is 1.20. The van der Waals surface area contributed by atoms with Gasteiger partial charge in [-0.2, -0.15) is 0 Å². The van der Waals surface area contributed by atoms with Crippen LogP contribution < -0.4 is 0 Å². The zero-order valence-electron chi connectivity index (χ0n) is 6.62. The van der Waals surface area contributed by atoms with Crippen LogP contribution in [0.5, 0.6) is 0 Å². The van der Waals surface area contributed by atoms with Gasteiger partial charge in [0, 0.05) is 0 Å². The number of carbonyl (C=O) groups excluding carboxylic acids is 4. The molecule has 0 spiro atoms. The van der Waals surface area contributed by atoms with Crippen molar-refractivity contribution in [2.24, 2.45) is 5.92 Å². The maximum absolute atomic E-state index is 11.0. The predicted molar refractivity (Wildman–Crippen MR) is 38.4 cm³/mol. The van der Waals surface area contributed by atoms with E-state index in [1.165, 1.54) is 0 Å². The molecule has 4 nitrogen and oxygen atoms in total. The first kappa shape index (κ1) is 8.77. The highest BCUT2D eigenvalue weighted by Gasteiger charge is 2.40. The average Bonchev–Trinajstić information content (AvgIpc) is 2.02. The molecule has 0 heterocycles. The van der Waals surface area contributed by atoms with Gasteiger partial charge in [-0.05, 0) is 6.42 Å². The number of ketones is 4. The van der Waals surface area contributed by atoms with Crippen molar-refractivity contribution in [2.75, 3.05) is 0 Å². The predicted octanol–water partition coefficient (Wildman–Crippen LogP) is -0.307. The summed E-state index contributed by atoms with van der Waals surface area (Å²) in [5.74, 6) is -3.87. The van der Waals surface area contributed by atoms with Crippen molar-refractivity contribution in [1.29, 1.82) is 0 Å². The van der Waals surface area contributed by atoms with E-state index in [0.29, 0.717) is 0 Å². The molecule has 1 rings (SSSR count). The van der Waals surface area contributed by atoms with E-state index >= 15 is 0 Å². The zero-order valence-corrected chi connectivity index (χ0v) is 6.62. The largest absolute Gasteiger partial charge is 0.290 e. The van der Waals surface area contributed by atoms with Crippen LogP contribution in [0.4, 0.5) is 0 Å². The van der Waals surface area contributed by atoms with E-state index in [0.717, 1.165) is 0 Å². The fourth-order valence-corrected chi connectivity index (χ4v) is 1.20. The Morgan fingerprint density at radius 1 is 1.08 bits per heavy atom. The molecular formula is C8H8O4. The molecule has 0 aromatic heterocycles. The average molecular weight is 168 g/mol. The minimum atomic E-state index is -1.00. The Hall–Kier alpha value is -1.32. The lowest BCUT2D eigenvalue weighted by Gasteiger charge is -2.14. The highest BCUT2D eigenvalue weighted by molar-refractivity contribution is 6.59. The van der Waals surface area contributed by atoms with Gasteiger partial charge >= 0.3 is 0 Å². The summed E-state index contributed by atoms with van der Waals surface area (Å²) < 4.78 is 0. The smallest absolute Gasteiger partial charge is 0.209 e. The normalized spacial score (nSPS) is 20.4. The molecule has 1 aliphatic carbocycles. The molecule has 0 amide bonds. The second kappa shape index (κ2) is 2.97. The van der Waals surface area contributed by atoms with Gasteiger partial charge in [0.25, 0.3) is 0 Å². The van der Waals surface area contributed by atoms with Crippen LogP contribution in [0.15, 0.2) is 0 Å². The van der Waals surface area contributed by atoms with Crippen LogP contribution in [-0.2, 0) is 19.2 Å². The Bertz CT molecular complexity index is 251. The minimum Gasteiger partial charge on any atom is -0.290 e. The summed E-state index contributed by atoms with van der Waals surface area (Å²) >= 11 is 0. The second-order valence-corrected chi connectivity index (χ2v) is 2.71. The van der Waals surface area contributed by atoms with Crippen molar-refractivity contribution in [3.05, 3.63) is 0 Å². The number of hydrogen-bond donors (Lipinski definition) is 0. The first-order valence-electron chi connectivity index (χ1n) is 3.72. The maximum Gasteiger partial charge on any atom is 0.209 e. The van der Waals surface area contributed by atoms with Crippen LogP contribution in [0, 0.1) is 5.92 Å². The Balaban J connectivity index is 2.96. The van der Waals surface area contributed by atoms with Crippen LogP contribution in [0.25, 0.3) is 0 Å². The highest BCUT2D eigenvalue weighted by atomic mass is 16.2. The molecular weight excluding hydrogens is 160 g/mol. The monoisotopic (exact) mass is 168 g/mol. The fraction of sp³-hybridized carbons (Fsp3) is 0.500. The molecule has 64 valence electrons. The van der Waals surface area contributed by atoms with E-state index in [-0.39, 0.29) is 6.42 Å². The van der Waals surface area contributed by atoms with Crippen LogP contribution in [0.1, 0.15) is 19.8 Å². The molecule has 0 bridgehead atoms. The molecule has 1 aliphatic rings. The Kier molecular flexibility index (Phi) is 2.17. The van der Waals surface area contributed by atoms with Crippen molar-refractivity contribution in [3.8, 4) is 0 Å². The molecule has 0 N–H and O–H groups in total. The summed E-state index contributed by atoms with van der Waals surface area (Å²) in [7, 11) is 0. The maximum atomic E-state index is 11.0. The molecule has 0 aromatic rings. The van der Waals surface area contributed by atoms with E-state index in [9.17, 15) is 19.2 Å². The standard InChI is InChI=1S/C8H8O4/c1-2-4-7(11)5(9)3-6(10)8(4)12/h4H,2-3H2,1H3. The molecule has 0 atom stereocenters. The molecule has 0 saturated heterocycles. The number of rotatable bonds is 1. The lowest BCUT2D eigenvalue weighted by molar-refractivity contribution is -0.151. The van der Waals surface area contributed by atoms with Crippen LogP contribution in [0.2, 0.25) is 0 Å². The number of Topliss-reactive ketones (excluding diaryl/α,β-unsaturated/α-hetero) is 4. The molecule has 1 fully saturated rings. The molecule has 0 aromatic carbocycles. The van der Waals surface area contributed by atoms with Crippen molar-refractivity contribution < 1.29 is 19.2 Å². The van der Waals surface area contributed by atoms with Gasteiger partial charge in [0.05, 0.1) is 12.3 Å². The Morgan fingerprint density at radius 2 is 1.50 bits per heavy atom. The van der Waals surface area contributed by atoms with Crippen molar-refractivity contribution in [1.82, 2.24) is 0 Å². The summed E-state index contributed by atoms with van der Waals surface area (Å²) in [6.45, 7) is 1.60. The molecule has 4 heteroatoms. The van der Waals surface area contributed by atoms with Crippen molar-refractivity contribution in [3.63, 3.8) is 0 Å². The van der Waals surface area contributed by atoms with E-state index < -0.39 is 35.5 Å². The lowest BCUT2D eigenvalue weighted by atomic mass is 9.83. The highest BCUT2D eigenvalue weighted by Crippen LogP contribution is 2.14. The minimum absolute atomic E-state index is 0.231. The number of hydrogen-bond acceptors (Lipinski definition) is 4. The van der Waals surface area contributed by atoms with E-state index in [1.54, 1.807) is 6.92 Å².